The van der Waals surface area contributed by atoms with Crippen molar-refractivity contribution in [2.75, 3.05) is 32.7 Å². The minimum Gasteiger partial charge on any atom is -0.480 e. The van der Waals surface area contributed by atoms with E-state index in [-0.39, 0.29) is 6.54 Å². The topological polar surface area (TPSA) is 324 Å². The number of hydrogen-bond acceptors (Lipinski definition) is 10. The van der Waals surface area contributed by atoms with Crippen LogP contribution in [0.4, 0.5) is 0 Å². The van der Waals surface area contributed by atoms with Crippen molar-refractivity contribution in [3.05, 3.63) is 0 Å². The molecule has 0 aromatic heterocycles. The van der Waals surface area contributed by atoms with Crippen molar-refractivity contribution in [3.8, 4) is 0 Å². The summed E-state index contributed by atoms with van der Waals surface area (Å²) in [4.78, 5) is 104. The first-order valence-electron chi connectivity index (χ1n) is 10.4. The fourth-order valence-electron chi connectivity index (χ4n) is 2.38. The minimum absolute atomic E-state index is 0.348. The molecule has 206 valence electrons. The fraction of sp³-hybridized carbons (Fsp3) is 0.500. The van der Waals surface area contributed by atoms with Crippen LogP contribution in [-0.4, -0.2) is 103 Å². The first-order valence-corrected chi connectivity index (χ1v) is 10.4. The molecule has 0 unspecified atom stereocenters. The summed E-state index contributed by atoms with van der Waals surface area (Å²) in [6.45, 7) is -3.03. The van der Waals surface area contributed by atoms with Gasteiger partial charge in [-0.05, 0) is 0 Å². The van der Waals surface area contributed by atoms with Gasteiger partial charge in [-0.2, -0.15) is 0 Å². The molecule has 8 amide bonds. The Labute approximate surface area is 209 Å². The van der Waals surface area contributed by atoms with E-state index in [0.29, 0.717) is 0 Å². The monoisotopic (exact) mass is 531 g/mol. The number of rotatable bonds is 17. The standard InChI is InChI=1S/C18H29N9O10/c19-3-12(30)22-4-13(31)23-5-14(32)26-8(1-10(20)28)17(36)24-6-15(33)27-9(2-11(21)29)18(37)25-7-16(34)35/h8-9H,1-7,19H2,(H2,20,28)(H2,21,29)(H,22,30)(H,23,31)(H,24,36)(H,25,37)(H,26,32)(H,27,33)(H,34,35)/t8-,9-/m0/s1. The molecule has 0 fully saturated rings. The highest BCUT2D eigenvalue weighted by Gasteiger charge is 2.26. The summed E-state index contributed by atoms with van der Waals surface area (Å²) >= 11 is 0. The van der Waals surface area contributed by atoms with Gasteiger partial charge in [0.1, 0.15) is 18.6 Å². The molecule has 0 spiro atoms. The van der Waals surface area contributed by atoms with Crippen molar-refractivity contribution in [2.24, 2.45) is 17.2 Å². The first kappa shape index (κ1) is 32.2. The molecule has 0 saturated heterocycles. The van der Waals surface area contributed by atoms with Gasteiger partial charge in [-0.3, -0.25) is 43.2 Å². The zero-order valence-electron chi connectivity index (χ0n) is 19.5. The second kappa shape index (κ2) is 16.8. The lowest BCUT2D eigenvalue weighted by Gasteiger charge is -2.19. The van der Waals surface area contributed by atoms with Gasteiger partial charge in [-0.1, -0.05) is 0 Å². The van der Waals surface area contributed by atoms with Gasteiger partial charge >= 0.3 is 5.97 Å². The van der Waals surface area contributed by atoms with Crippen LogP contribution in [-0.2, 0) is 43.2 Å². The number of amides is 8. The molecular formula is C18H29N9O10. The Morgan fingerprint density at radius 1 is 0.568 bits per heavy atom. The number of carbonyl (C=O) groups is 9. The molecular weight excluding hydrogens is 502 g/mol. The number of carbonyl (C=O) groups excluding carboxylic acids is 8. The molecule has 37 heavy (non-hydrogen) atoms. The van der Waals surface area contributed by atoms with Crippen molar-refractivity contribution >= 4 is 53.2 Å². The van der Waals surface area contributed by atoms with E-state index >= 15 is 0 Å². The van der Waals surface area contributed by atoms with Crippen molar-refractivity contribution < 1.29 is 48.3 Å². The third-order valence-corrected chi connectivity index (χ3v) is 4.03. The van der Waals surface area contributed by atoms with Crippen LogP contribution in [0.5, 0.6) is 0 Å². The van der Waals surface area contributed by atoms with Crippen LogP contribution in [0.2, 0.25) is 0 Å². The van der Waals surface area contributed by atoms with Gasteiger partial charge in [0.05, 0.1) is 39.0 Å². The van der Waals surface area contributed by atoms with E-state index in [1.54, 1.807) is 0 Å². The summed E-state index contributed by atoms with van der Waals surface area (Å²) < 4.78 is 0. The molecule has 13 N–H and O–H groups in total. The van der Waals surface area contributed by atoms with Crippen LogP contribution >= 0.6 is 0 Å². The molecule has 0 aromatic carbocycles. The van der Waals surface area contributed by atoms with Gasteiger partial charge in [-0.25, -0.2) is 0 Å². The Morgan fingerprint density at radius 2 is 0.946 bits per heavy atom. The minimum atomic E-state index is -1.55. The van der Waals surface area contributed by atoms with Crippen LogP contribution in [0, 0.1) is 0 Å². The highest BCUT2D eigenvalue weighted by molar-refractivity contribution is 5.96. The zero-order valence-corrected chi connectivity index (χ0v) is 19.5. The van der Waals surface area contributed by atoms with Gasteiger partial charge in [0.2, 0.25) is 47.3 Å². The van der Waals surface area contributed by atoms with Crippen LogP contribution in [0.15, 0.2) is 0 Å². The number of nitrogens with one attached hydrogen (secondary N) is 6. The maximum atomic E-state index is 12.4. The predicted octanol–water partition coefficient (Wildman–Crippen LogP) is -7.79. The SMILES string of the molecule is NCC(=O)NCC(=O)NCC(=O)N[C@@H](CC(N)=O)C(=O)NCC(=O)N[C@@H](CC(N)=O)C(=O)NCC(=O)O. The molecule has 0 aliphatic rings. The number of carboxylic acids is 1. The largest absolute Gasteiger partial charge is 0.480 e. The van der Waals surface area contributed by atoms with Gasteiger partial charge < -0.3 is 54.2 Å². The Bertz CT molecular complexity index is 924. The molecule has 0 aromatic rings. The van der Waals surface area contributed by atoms with Crippen LogP contribution in [0.3, 0.4) is 0 Å². The Hall–Kier alpha value is -4.81. The van der Waals surface area contributed by atoms with E-state index in [0.717, 1.165) is 0 Å². The molecule has 0 saturated carbocycles. The van der Waals surface area contributed by atoms with E-state index in [4.69, 9.17) is 22.3 Å². The van der Waals surface area contributed by atoms with Gasteiger partial charge in [0.15, 0.2) is 0 Å². The number of carboxylic acid groups (broad SMARTS) is 1. The molecule has 0 heterocycles. The molecule has 0 radical (unpaired) electrons. The van der Waals surface area contributed by atoms with Crippen molar-refractivity contribution in [1.29, 1.82) is 0 Å². The third kappa shape index (κ3) is 15.7. The summed E-state index contributed by atoms with van der Waals surface area (Å²) in [7, 11) is 0. The molecule has 19 nitrogen and oxygen atoms in total. The van der Waals surface area contributed by atoms with Crippen LogP contribution in [0.25, 0.3) is 0 Å². The lowest BCUT2D eigenvalue weighted by Crippen LogP contribution is -2.54. The average Bonchev–Trinajstić information content (AvgIpc) is 2.81. The predicted molar refractivity (Wildman–Crippen MR) is 120 cm³/mol. The Kier molecular flexibility index (Phi) is 14.6. The summed E-state index contributed by atoms with van der Waals surface area (Å²) in [5.41, 5.74) is 15.1. The molecule has 0 aliphatic carbocycles. The molecule has 2 atom stereocenters. The first-order chi connectivity index (χ1) is 17.2. The van der Waals surface area contributed by atoms with Crippen LogP contribution in [0.1, 0.15) is 12.8 Å². The molecule has 0 aliphatic heterocycles. The zero-order chi connectivity index (χ0) is 28.5. The Balaban J connectivity index is 4.90. The fourth-order valence-corrected chi connectivity index (χ4v) is 2.38. The quantitative estimate of drug-likeness (QED) is 0.0839. The summed E-state index contributed by atoms with van der Waals surface area (Å²) in [5.74, 6) is -8.69. The van der Waals surface area contributed by atoms with Gasteiger partial charge in [0.25, 0.3) is 0 Å². The lowest BCUT2D eigenvalue weighted by molar-refractivity contribution is -0.138. The number of primary amides is 2. The van der Waals surface area contributed by atoms with E-state index in [2.05, 4.69) is 26.6 Å². The van der Waals surface area contributed by atoms with Gasteiger partial charge in [0, 0.05) is 0 Å². The van der Waals surface area contributed by atoms with E-state index in [1.165, 1.54) is 0 Å². The molecule has 0 bridgehead atoms. The van der Waals surface area contributed by atoms with Gasteiger partial charge in [-0.15, -0.1) is 0 Å². The maximum absolute atomic E-state index is 12.4. The average molecular weight is 531 g/mol. The second-order valence-corrected chi connectivity index (χ2v) is 7.17. The Morgan fingerprint density at radius 3 is 1.35 bits per heavy atom. The molecule has 19 heteroatoms. The van der Waals surface area contributed by atoms with Crippen molar-refractivity contribution in [1.82, 2.24) is 31.9 Å². The van der Waals surface area contributed by atoms with E-state index < -0.39 is 104 Å². The highest BCUT2D eigenvalue weighted by Crippen LogP contribution is 1.94. The molecule has 0 rings (SSSR count). The summed E-state index contributed by atoms with van der Waals surface area (Å²) in [6, 6.07) is -3.09. The number of nitrogens with two attached hydrogens (primary N) is 3. The van der Waals surface area contributed by atoms with Crippen LogP contribution < -0.4 is 49.1 Å². The van der Waals surface area contributed by atoms with Crippen molar-refractivity contribution in [3.63, 3.8) is 0 Å². The maximum Gasteiger partial charge on any atom is 0.322 e. The van der Waals surface area contributed by atoms with Crippen molar-refractivity contribution in [2.45, 2.75) is 24.9 Å². The highest BCUT2D eigenvalue weighted by atomic mass is 16.4. The lowest BCUT2D eigenvalue weighted by atomic mass is 10.1. The second-order valence-electron chi connectivity index (χ2n) is 7.17. The smallest absolute Gasteiger partial charge is 0.322 e. The van der Waals surface area contributed by atoms with E-state index in [9.17, 15) is 43.2 Å². The summed E-state index contributed by atoms with van der Waals surface area (Å²) in [6.07, 6.45) is -1.35. The summed E-state index contributed by atoms with van der Waals surface area (Å²) in [5, 5.41) is 21.2. The third-order valence-electron chi connectivity index (χ3n) is 4.03. The number of aliphatic carboxylic acids is 1. The van der Waals surface area contributed by atoms with E-state index in [1.807, 2.05) is 5.32 Å². The number of hydrogen-bond donors (Lipinski definition) is 10. The normalized spacial score (nSPS) is 11.6.